The van der Waals surface area contributed by atoms with E-state index in [9.17, 15) is 9.59 Å². The number of hydrogen-bond donors (Lipinski definition) is 0. The van der Waals surface area contributed by atoms with E-state index in [0.717, 1.165) is 13.0 Å². The number of carbonyl (C=O) groups excluding carboxylic acids is 2. The van der Waals surface area contributed by atoms with Gasteiger partial charge in [-0.05, 0) is 32.0 Å². The molecule has 24 heavy (non-hydrogen) atoms. The zero-order valence-electron chi connectivity index (χ0n) is 13.6. The Hall–Kier alpha value is -1.61. The van der Waals surface area contributed by atoms with Crippen LogP contribution in [-0.2, 0) is 20.8 Å². The van der Waals surface area contributed by atoms with Crippen molar-refractivity contribution >= 4 is 40.4 Å². The largest absolute Gasteiger partial charge is 0.479 e. The molecular weight excluding hydrogens is 350 g/mol. The summed E-state index contributed by atoms with van der Waals surface area (Å²) in [5.74, 6) is -0.201. The molecule has 1 aliphatic rings. The lowest BCUT2D eigenvalue weighted by Gasteiger charge is -2.18. The highest BCUT2D eigenvalue weighted by atomic mass is 32.2. The second-order valence-corrected chi connectivity index (χ2v) is 7.11. The van der Waals surface area contributed by atoms with Gasteiger partial charge in [0.15, 0.2) is 0 Å². The van der Waals surface area contributed by atoms with Gasteiger partial charge in [0.2, 0.25) is 10.3 Å². The lowest BCUT2D eigenvalue weighted by molar-refractivity contribution is -0.127. The first-order valence-electron chi connectivity index (χ1n) is 7.86. The van der Waals surface area contributed by atoms with Crippen molar-refractivity contribution in [2.45, 2.75) is 38.0 Å². The molecule has 9 heteroatoms. The predicted octanol–water partition coefficient (Wildman–Crippen LogP) is 2.46. The van der Waals surface area contributed by atoms with Gasteiger partial charge in [0, 0.05) is 30.6 Å². The van der Waals surface area contributed by atoms with Crippen molar-refractivity contribution in [3.05, 3.63) is 18.7 Å². The molecular formula is C15H21N3O4S2. The van der Waals surface area contributed by atoms with Crippen LogP contribution in [0.2, 0.25) is 0 Å². The SMILES string of the molecule is CCOC(=S)SC(CCC(=O)N1CCOC1=O)CCn1ccnc1. The molecule has 0 bridgehead atoms. The van der Waals surface area contributed by atoms with Crippen LogP contribution in [0.15, 0.2) is 18.7 Å². The van der Waals surface area contributed by atoms with Crippen molar-refractivity contribution in [3.63, 3.8) is 0 Å². The number of ether oxygens (including phenoxy) is 2. The van der Waals surface area contributed by atoms with Crippen LogP contribution in [-0.4, -0.2) is 55.8 Å². The standard InChI is InChI=1S/C15H21N3O4S2/c1-2-21-15(23)24-12(5-7-17-8-6-16-11-17)3-4-13(19)18-9-10-22-14(18)20/h6,8,11-12H,2-5,7,9-10H2,1H3. The normalized spacial score (nSPS) is 15.2. The number of thioether (sulfide) groups is 1. The molecule has 0 saturated carbocycles. The van der Waals surface area contributed by atoms with Crippen molar-refractivity contribution in [2.75, 3.05) is 19.8 Å². The molecule has 2 amide bonds. The summed E-state index contributed by atoms with van der Waals surface area (Å²) in [6.45, 7) is 3.81. The average molecular weight is 371 g/mol. The molecule has 1 aromatic heterocycles. The number of carbonyl (C=O) groups is 2. The van der Waals surface area contributed by atoms with Crippen LogP contribution in [0.5, 0.6) is 0 Å². The van der Waals surface area contributed by atoms with Gasteiger partial charge in [-0.25, -0.2) is 14.7 Å². The summed E-state index contributed by atoms with van der Waals surface area (Å²) in [5.41, 5.74) is 0. The van der Waals surface area contributed by atoms with Crippen molar-refractivity contribution in [1.82, 2.24) is 14.5 Å². The number of imidazole rings is 1. The van der Waals surface area contributed by atoms with E-state index in [1.807, 2.05) is 17.7 Å². The highest BCUT2D eigenvalue weighted by Crippen LogP contribution is 2.24. The quantitative estimate of drug-likeness (QED) is 0.650. The Morgan fingerprint density at radius 3 is 3.00 bits per heavy atom. The Balaban J connectivity index is 1.85. The van der Waals surface area contributed by atoms with Crippen molar-refractivity contribution in [2.24, 2.45) is 0 Å². The first-order chi connectivity index (χ1) is 11.6. The van der Waals surface area contributed by atoms with Gasteiger partial charge < -0.3 is 14.0 Å². The van der Waals surface area contributed by atoms with Gasteiger partial charge in [-0.3, -0.25) is 4.79 Å². The van der Waals surface area contributed by atoms with Crippen LogP contribution in [0.3, 0.4) is 0 Å². The number of hydrogen-bond acceptors (Lipinski definition) is 7. The average Bonchev–Trinajstić information content (AvgIpc) is 3.21. The van der Waals surface area contributed by atoms with E-state index in [0.29, 0.717) is 24.0 Å². The van der Waals surface area contributed by atoms with E-state index in [1.165, 1.54) is 16.7 Å². The maximum atomic E-state index is 12.1. The van der Waals surface area contributed by atoms with Gasteiger partial charge >= 0.3 is 6.09 Å². The maximum absolute atomic E-state index is 12.1. The Labute approximate surface area is 150 Å². The smallest absolute Gasteiger partial charge is 0.416 e. The van der Waals surface area contributed by atoms with E-state index >= 15 is 0 Å². The van der Waals surface area contributed by atoms with E-state index in [1.54, 1.807) is 12.5 Å². The fraction of sp³-hybridized carbons (Fsp3) is 0.600. The molecule has 1 atom stereocenters. The second-order valence-electron chi connectivity index (χ2n) is 5.21. The summed E-state index contributed by atoms with van der Waals surface area (Å²) in [6.07, 6.45) is 6.57. The molecule has 0 N–H and O–H groups in total. The molecule has 2 heterocycles. The Morgan fingerprint density at radius 1 is 1.54 bits per heavy atom. The van der Waals surface area contributed by atoms with Gasteiger partial charge in [0.1, 0.15) is 6.61 Å². The molecule has 0 aromatic carbocycles. The van der Waals surface area contributed by atoms with Crippen LogP contribution in [0.1, 0.15) is 26.2 Å². The molecule has 0 radical (unpaired) electrons. The number of aromatic nitrogens is 2. The van der Waals surface area contributed by atoms with Crippen LogP contribution in [0.4, 0.5) is 4.79 Å². The third-order valence-corrected chi connectivity index (χ3v) is 5.06. The highest BCUT2D eigenvalue weighted by molar-refractivity contribution is 8.23. The molecule has 1 aliphatic heterocycles. The first kappa shape index (κ1) is 18.7. The number of rotatable bonds is 8. The summed E-state index contributed by atoms with van der Waals surface area (Å²) >= 11 is 6.67. The summed E-state index contributed by atoms with van der Waals surface area (Å²) < 4.78 is 12.6. The summed E-state index contributed by atoms with van der Waals surface area (Å²) in [5, 5.41) is 0.133. The van der Waals surface area contributed by atoms with Gasteiger partial charge in [-0.2, -0.15) is 0 Å². The van der Waals surface area contributed by atoms with Crippen LogP contribution in [0.25, 0.3) is 0 Å². The molecule has 1 aromatic rings. The molecule has 1 unspecified atom stereocenters. The van der Waals surface area contributed by atoms with Crippen LogP contribution >= 0.6 is 24.0 Å². The number of imide groups is 1. The number of thiocarbonyl (C=S) groups is 1. The van der Waals surface area contributed by atoms with Gasteiger partial charge in [0.05, 0.1) is 19.5 Å². The minimum atomic E-state index is -0.549. The maximum Gasteiger partial charge on any atom is 0.416 e. The molecule has 2 rings (SSSR count). The van der Waals surface area contributed by atoms with Crippen molar-refractivity contribution in [3.8, 4) is 0 Å². The third-order valence-electron chi connectivity index (χ3n) is 3.54. The number of aryl methyl sites for hydroxylation is 1. The molecule has 7 nitrogen and oxygen atoms in total. The third kappa shape index (κ3) is 5.79. The Bertz CT molecular complexity index is 565. The Kier molecular flexibility index (Phi) is 7.51. The van der Waals surface area contributed by atoms with E-state index < -0.39 is 6.09 Å². The lowest BCUT2D eigenvalue weighted by atomic mass is 10.1. The molecule has 1 saturated heterocycles. The number of nitrogens with zero attached hydrogens (tertiary/aromatic N) is 3. The van der Waals surface area contributed by atoms with Gasteiger partial charge in [-0.1, -0.05) is 11.8 Å². The fourth-order valence-corrected chi connectivity index (χ4v) is 3.74. The van der Waals surface area contributed by atoms with Crippen LogP contribution in [0, 0.1) is 0 Å². The van der Waals surface area contributed by atoms with Gasteiger partial charge in [-0.15, -0.1) is 0 Å². The van der Waals surface area contributed by atoms with Crippen LogP contribution < -0.4 is 0 Å². The summed E-state index contributed by atoms with van der Waals surface area (Å²) in [7, 11) is 0. The summed E-state index contributed by atoms with van der Waals surface area (Å²) in [4.78, 5) is 28.8. The lowest BCUT2D eigenvalue weighted by Crippen LogP contribution is -2.32. The van der Waals surface area contributed by atoms with E-state index in [-0.39, 0.29) is 24.2 Å². The number of amides is 2. The highest BCUT2D eigenvalue weighted by Gasteiger charge is 2.28. The summed E-state index contributed by atoms with van der Waals surface area (Å²) in [6, 6.07) is 0. The topological polar surface area (TPSA) is 73.7 Å². The minimum absolute atomic E-state index is 0.133. The number of cyclic esters (lactones) is 1. The molecule has 0 spiro atoms. The minimum Gasteiger partial charge on any atom is -0.479 e. The van der Waals surface area contributed by atoms with Crippen molar-refractivity contribution < 1.29 is 19.1 Å². The zero-order valence-corrected chi connectivity index (χ0v) is 15.2. The van der Waals surface area contributed by atoms with Crippen molar-refractivity contribution in [1.29, 1.82) is 0 Å². The second kappa shape index (κ2) is 9.63. The van der Waals surface area contributed by atoms with E-state index in [4.69, 9.17) is 21.7 Å². The molecule has 1 fully saturated rings. The predicted molar refractivity (Wildman–Crippen MR) is 94.7 cm³/mol. The molecule has 0 aliphatic carbocycles. The Morgan fingerprint density at radius 2 is 2.38 bits per heavy atom. The first-order valence-corrected chi connectivity index (χ1v) is 9.15. The molecule has 132 valence electrons. The van der Waals surface area contributed by atoms with Gasteiger partial charge in [0.25, 0.3) is 0 Å². The zero-order chi connectivity index (χ0) is 17.4. The van der Waals surface area contributed by atoms with E-state index in [2.05, 4.69) is 4.98 Å². The fourth-order valence-electron chi connectivity index (χ4n) is 2.30. The monoisotopic (exact) mass is 371 g/mol.